The third-order valence-electron chi connectivity index (χ3n) is 2.06. The van der Waals surface area contributed by atoms with Gasteiger partial charge >= 0.3 is 0 Å². The molecule has 0 amide bonds. The van der Waals surface area contributed by atoms with E-state index in [0.717, 1.165) is 0 Å². The van der Waals surface area contributed by atoms with E-state index in [-0.39, 0.29) is 10.9 Å². The molecule has 0 aliphatic heterocycles. The van der Waals surface area contributed by atoms with Crippen molar-refractivity contribution in [3.63, 3.8) is 0 Å². The third kappa shape index (κ3) is 4.95. The van der Waals surface area contributed by atoms with E-state index in [1.807, 2.05) is 6.08 Å². The minimum absolute atomic E-state index is 0.0812. The van der Waals surface area contributed by atoms with Crippen LogP contribution in [-0.2, 0) is 4.79 Å². The van der Waals surface area contributed by atoms with Crippen LogP contribution in [0.25, 0.3) is 6.08 Å². The highest BCUT2D eigenvalue weighted by Crippen LogP contribution is 2.12. The maximum absolute atomic E-state index is 13.0. The zero-order valence-corrected chi connectivity index (χ0v) is 10.3. The van der Waals surface area contributed by atoms with E-state index in [1.165, 1.54) is 36.9 Å². The van der Waals surface area contributed by atoms with Gasteiger partial charge in [0.1, 0.15) is 5.82 Å². The van der Waals surface area contributed by atoms with Gasteiger partial charge in [0.2, 0.25) is 0 Å². The molecule has 1 rings (SSSR count). The number of carbonyl (C=O) groups is 2. The maximum Gasteiger partial charge on any atom is 0.185 e. The highest BCUT2D eigenvalue weighted by molar-refractivity contribution is 8.13. The Balaban J connectivity index is 2.60. The number of hydrogen-bond donors (Lipinski definition) is 0. The summed E-state index contributed by atoms with van der Waals surface area (Å²) in [4.78, 5) is 21.4. The molecule has 17 heavy (non-hydrogen) atoms. The van der Waals surface area contributed by atoms with Gasteiger partial charge in [-0.15, -0.1) is 0 Å². The Labute approximate surface area is 104 Å². The van der Waals surface area contributed by atoms with Gasteiger partial charge in [-0.1, -0.05) is 23.9 Å². The molecular formula is C13H13FO2S. The maximum atomic E-state index is 13.0. The molecule has 0 radical (unpaired) electrons. The smallest absolute Gasteiger partial charge is 0.185 e. The van der Waals surface area contributed by atoms with Gasteiger partial charge in [0.05, 0.1) is 0 Å². The fourth-order valence-electron chi connectivity index (χ4n) is 1.28. The van der Waals surface area contributed by atoms with Crippen LogP contribution in [0, 0.1) is 5.82 Å². The van der Waals surface area contributed by atoms with Gasteiger partial charge in [0.15, 0.2) is 11.4 Å². The van der Waals surface area contributed by atoms with Crippen LogP contribution in [0.1, 0.15) is 29.3 Å². The van der Waals surface area contributed by atoms with Gasteiger partial charge in [-0.2, -0.15) is 0 Å². The van der Waals surface area contributed by atoms with Crippen LogP contribution in [0.15, 0.2) is 24.3 Å². The molecule has 0 bridgehead atoms. The first kappa shape index (κ1) is 13.6. The molecule has 90 valence electrons. The van der Waals surface area contributed by atoms with Crippen LogP contribution < -0.4 is 0 Å². The monoisotopic (exact) mass is 252 g/mol. The Kier molecular flexibility index (Phi) is 5.63. The second-order valence-corrected chi connectivity index (χ2v) is 4.69. The molecule has 0 N–H and O–H groups in total. The van der Waals surface area contributed by atoms with E-state index in [4.69, 9.17) is 0 Å². The van der Waals surface area contributed by atoms with Crippen molar-refractivity contribution in [3.8, 4) is 0 Å². The molecule has 0 aliphatic carbocycles. The summed E-state index contributed by atoms with van der Waals surface area (Å²) < 4.78 is 13.0. The summed E-state index contributed by atoms with van der Waals surface area (Å²) in [5.74, 6) is 0.325. The molecule has 0 aliphatic rings. The molecular weight excluding hydrogens is 239 g/mol. The summed E-state index contributed by atoms with van der Waals surface area (Å²) in [5.41, 5.74) is 1.02. The predicted molar refractivity (Wildman–Crippen MR) is 68.6 cm³/mol. The van der Waals surface area contributed by atoms with E-state index in [2.05, 4.69) is 0 Å². The Morgan fingerprint density at radius 1 is 1.41 bits per heavy atom. The SMILES string of the molecule is CC(=O)SCCC=Cc1cc(F)ccc1C=O. The Hall–Kier alpha value is -1.42. The molecule has 0 atom stereocenters. The highest BCUT2D eigenvalue weighted by atomic mass is 32.2. The van der Waals surface area contributed by atoms with Crippen molar-refractivity contribution in [2.24, 2.45) is 0 Å². The summed E-state index contributed by atoms with van der Waals surface area (Å²) in [5, 5.41) is 0.0812. The van der Waals surface area contributed by atoms with Gasteiger partial charge in [-0.05, 0) is 30.2 Å². The van der Waals surface area contributed by atoms with Crippen molar-refractivity contribution >= 4 is 29.2 Å². The number of carbonyl (C=O) groups excluding carboxylic acids is 2. The molecule has 0 heterocycles. The van der Waals surface area contributed by atoms with E-state index < -0.39 is 0 Å². The van der Waals surface area contributed by atoms with Gasteiger partial charge in [-0.25, -0.2) is 4.39 Å². The largest absolute Gasteiger partial charge is 0.298 e. The minimum Gasteiger partial charge on any atom is -0.298 e. The van der Waals surface area contributed by atoms with Crippen LogP contribution in [0.4, 0.5) is 4.39 Å². The van der Waals surface area contributed by atoms with Crippen molar-refractivity contribution in [3.05, 3.63) is 41.2 Å². The van der Waals surface area contributed by atoms with Crippen LogP contribution in [0.3, 0.4) is 0 Å². The lowest BCUT2D eigenvalue weighted by Crippen LogP contribution is -1.88. The molecule has 0 spiro atoms. The van der Waals surface area contributed by atoms with Crippen molar-refractivity contribution in [2.45, 2.75) is 13.3 Å². The second kappa shape index (κ2) is 7.01. The number of halogens is 1. The molecule has 1 aromatic carbocycles. The van der Waals surface area contributed by atoms with Crippen LogP contribution >= 0.6 is 11.8 Å². The molecule has 0 saturated heterocycles. The number of thioether (sulfide) groups is 1. The first-order valence-corrected chi connectivity index (χ1v) is 6.16. The van der Waals surface area contributed by atoms with Crippen molar-refractivity contribution < 1.29 is 14.0 Å². The van der Waals surface area contributed by atoms with Crippen LogP contribution in [0.2, 0.25) is 0 Å². The van der Waals surface area contributed by atoms with Crippen LogP contribution in [-0.4, -0.2) is 17.2 Å². The topological polar surface area (TPSA) is 34.1 Å². The Bertz CT molecular complexity index is 441. The van der Waals surface area contributed by atoms with Crippen molar-refractivity contribution in [1.82, 2.24) is 0 Å². The van der Waals surface area contributed by atoms with E-state index >= 15 is 0 Å². The van der Waals surface area contributed by atoms with Gasteiger partial charge in [-0.3, -0.25) is 9.59 Å². The van der Waals surface area contributed by atoms with Gasteiger partial charge < -0.3 is 0 Å². The number of aldehydes is 1. The highest BCUT2D eigenvalue weighted by Gasteiger charge is 1.99. The van der Waals surface area contributed by atoms with Crippen molar-refractivity contribution in [1.29, 1.82) is 0 Å². The zero-order valence-electron chi connectivity index (χ0n) is 9.48. The third-order valence-corrected chi connectivity index (χ3v) is 2.91. The van der Waals surface area contributed by atoms with Crippen molar-refractivity contribution in [2.75, 3.05) is 5.75 Å². The standard InChI is InChI=1S/C13H13FO2S/c1-10(16)17-7-3-2-4-11-8-13(14)6-5-12(11)9-15/h2,4-6,8-9H,3,7H2,1H3. The molecule has 4 heteroatoms. The van der Waals surface area contributed by atoms with E-state index in [9.17, 15) is 14.0 Å². The van der Waals surface area contributed by atoms with E-state index in [0.29, 0.717) is 29.6 Å². The lowest BCUT2D eigenvalue weighted by atomic mass is 10.1. The minimum atomic E-state index is -0.367. The summed E-state index contributed by atoms with van der Waals surface area (Å²) in [7, 11) is 0. The second-order valence-electron chi connectivity index (χ2n) is 3.42. The summed E-state index contributed by atoms with van der Waals surface area (Å²) in [6, 6.07) is 4.03. The molecule has 2 nitrogen and oxygen atoms in total. The van der Waals surface area contributed by atoms with Gasteiger partial charge in [0.25, 0.3) is 0 Å². The summed E-state index contributed by atoms with van der Waals surface area (Å²) in [6.45, 7) is 1.52. The lowest BCUT2D eigenvalue weighted by Gasteiger charge is -1.98. The van der Waals surface area contributed by atoms with E-state index in [1.54, 1.807) is 6.08 Å². The summed E-state index contributed by atoms with van der Waals surface area (Å²) >= 11 is 1.25. The average molecular weight is 252 g/mol. The first-order valence-electron chi connectivity index (χ1n) is 5.18. The Morgan fingerprint density at radius 3 is 2.82 bits per heavy atom. The number of allylic oxidation sites excluding steroid dienone is 1. The predicted octanol–water partition coefficient (Wildman–Crippen LogP) is 3.32. The number of rotatable bonds is 5. The molecule has 0 aromatic heterocycles. The fourth-order valence-corrected chi connectivity index (χ4v) is 1.82. The summed E-state index contributed by atoms with van der Waals surface area (Å²) in [6.07, 6.45) is 4.94. The molecule has 1 aromatic rings. The zero-order chi connectivity index (χ0) is 12.7. The average Bonchev–Trinajstić information content (AvgIpc) is 2.28. The lowest BCUT2D eigenvalue weighted by molar-refractivity contribution is -0.109. The quantitative estimate of drug-likeness (QED) is 0.595. The molecule has 0 fully saturated rings. The number of hydrogen-bond acceptors (Lipinski definition) is 3. The molecule has 0 saturated carbocycles. The molecule has 0 unspecified atom stereocenters. The van der Waals surface area contributed by atoms with Crippen LogP contribution in [0.5, 0.6) is 0 Å². The van der Waals surface area contributed by atoms with Gasteiger partial charge in [0, 0.05) is 18.2 Å². The normalized spacial score (nSPS) is 10.7. The Morgan fingerprint density at radius 2 is 2.18 bits per heavy atom. The first-order chi connectivity index (χ1) is 8.13. The number of benzene rings is 1. The fraction of sp³-hybridized carbons (Fsp3) is 0.231.